The number of rotatable bonds is 8. The van der Waals surface area contributed by atoms with Gasteiger partial charge in [-0.05, 0) is 37.3 Å². The number of non-ortho nitro benzene ring substituents is 1. The summed E-state index contributed by atoms with van der Waals surface area (Å²) in [6, 6.07) is 20.6. The molecule has 0 unspecified atom stereocenters. The molecule has 0 saturated carbocycles. The Balaban J connectivity index is 1.71. The predicted octanol–water partition coefficient (Wildman–Crippen LogP) is 3.51. The summed E-state index contributed by atoms with van der Waals surface area (Å²) in [6.07, 6.45) is -1.11. The van der Waals surface area contributed by atoms with Crippen molar-refractivity contribution in [3.63, 3.8) is 0 Å². The number of hydrogen-bond acceptors (Lipinski definition) is 6. The van der Waals surface area contributed by atoms with Crippen LogP contribution in [0.4, 0.5) is 11.4 Å². The van der Waals surface area contributed by atoms with Crippen LogP contribution in [0.25, 0.3) is 11.0 Å². The van der Waals surface area contributed by atoms with Gasteiger partial charge in [-0.2, -0.15) is 0 Å². The van der Waals surface area contributed by atoms with Gasteiger partial charge in [0.1, 0.15) is 5.82 Å². The minimum absolute atomic E-state index is 0.0213. The Morgan fingerprint density at radius 1 is 1.06 bits per heavy atom. The number of sulfonamides is 1. The molecule has 0 saturated heterocycles. The highest BCUT2D eigenvalue weighted by molar-refractivity contribution is 7.92. The number of aliphatic hydroxyl groups is 1. The molecular formula is C23H22N4O5S. The maximum atomic E-state index is 13.5. The van der Waals surface area contributed by atoms with Crippen LogP contribution in [0.1, 0.15) is 5.82 Å². The summed E-state index contributed by atoms with van der Waals surface area (Å²) in [7, 11) is -4.10. The third-order valence-corrected chi connectivity index (χ3v) is 7.08. The van der Waals surface area contributed by atoms with Crippen molar-refractivity contribution in [2.45, 2.75) is 24.5 Å². The molecule has 1 N–H and O–H groups in total. The Kier molecular flexibility index (Phi) is 6.12. The van der Waals surface area contributed by atoms with Gasteiger partial charge in [0.05, 0.1) is 45.7 Å². The molecule has 0 bridgehead atoms. The summed E-state index contributed by atoms with van der Waals surface area (Å²) in [6.45, 7) is 1.61. The molecule has 33 heavy (non-hydrogen) atoms. The topological polar surface area (TPSA) is 119 Å². The van der Waals surface area contributed by atoms with E-state index in [4.69, 9.17) is 0 Å². The van der Waals surface area contributed by atoms with E-state index in [2.05, 4.69) is 4.98 Å². The summed E-state index contributed by atoms with van der Waals surface area (Å²) >= 11 is 0. The number of fused-ring (bicyclic) bond motifs is 1. The fraction of sp³-hybridized carbons (Fsp3) is 0.174. The smallest absolute Gasteiger partial charge is 0.271 e. The molecule has 9 nitrogen and oxygen atoms in total. The van der Waals surface area contributed by atoms with Crippen molar-refractivity contribution in [2.24, 2.45) is 0 Å². The first-order chi connectivity index (χ1) is 15.8. The van der Waals surface area contributed by atoms with Crippen LogP contribution in [0, 0.1) is 17.0 Å². The summed E-state index contributed by atoms with van der Waals surface area (Å²) in [4.78, 5) is 15.2. The number of benzene rings is 3. The van der Waals surface area contributed by atoms with Gasteiger partial charge in [0.25, 0.3) is 15.7 Å². The fourth-order valence-electron chi connectivity index (χ4n) is 3.71. The number of aromatic nitrogens is 2. The first kappa shape index (κ1) is 22.4. The number of para-hydroxylation sites is 2. The van der Waals surface area contributed by atoms with Crippen LogP contribution in [0.2, 0.25) is 0 Å². The number of nitrogens with zero attached hydrogens (tertiary/aromatic N) is 4. The second-order valence-electron chi connectivity index (χ2n) is 7.54. The Morgan fingerprint density at radius 3 is 2.48 bits per heavy atom. The molecular weight excluding hydrogens is 444 g/mol. The predicted molar refractivity (Wildman–Crippen MR) is 125 cm³/mol. The molecule has 170 valence electrons. The molecule has 0 fully saturated rings. The van der Waals surface area contributed by atoms with E-state index < -0.39 is 21.1 Å². The van der Waals surface area contributed by atoms with Crippen molar-refractivity contribution in [1.82, 2.24) is 9.55 Å². The van der Waals surface area contributed by atoms with Crippen LogP contribution in [0.5, 0.6) is 0 Å². The number of nitro groups is 1. The molecule has 0 spiro atoms. The van der Waals surface area contributed by atoms with Crippen molar-refractivity contribution < 1.29 is 18.4 Å². The number of aryl methyl sites for hydroxylation is 1. The highest BCUT2D eigenvalue weighted by atomic mass is 32.2. The van der Waals surface area contributed by atoms with E-state index in [0.717, 1.165) is 15.3 Å². The van der Waals surface area contributed by atoms with Crippen LogP contribution in [0.3, 0.4) is 0 Å². The molecule has 1 aromatic heterocycles. The molecule has 10 heteroatoms. The van der Waals surface area contributed by atoms with Crippen LogP contribution >= 0.6 is 0 Å². The van der Waals surface area contributed by atoms with Gasteiger partial charge in [0.15, 0.2) is 0 Å². The monoisotopic (exact) mass is 466 g/mol. The molecule has 1 atom stereocenters. The summed E-state index contributed by atoms with van der Waals surface area (Å²) in [5.41, 5.74) is 1.45. The van der Waals surface area contributed by atoms with E-state index in [0.29, 0.717) is 5.82 Å². The largest absolute Gasteiger partial charge is 0.389 e. The van der Waals surface area contributed by atoms with E-state index in [9.17, 15) is 23.6 Å². The van der Waals surface area contributed by atoms with E-state index in [1.165, 1.54) is 36.4 Å². The molecule has 0 aliphatic carbocycles. The molecule has 4 rings (SSSR count). The Labute approximate surface area is 190 Å². The highest BCUT2D eigenvalue weighted by Gasteiger charge is 2.28. The van der Waals surface area contributed by atoms with Crippen molar-refractivity contribution in [3.8, 4) is 0 Å². The number of anilines is 1. The van der Waals surface area contributed by atoms with Crippen LogP contribution in [-0.2, 0) is 16.6 Å². The first-order valence-corrected chi connectivity index (χ1v) is 11.6. The van der Waals surface area contributed by atoms with Gasteiger partial charge in [0, 0.05) is 12.1 Å². The van der Waals surface area contributed by atoms with Crippen LogP contribution < -0.4 is 4.31 Å². The lowest BCUT2D eigenvalue weighted by atomic mass is 10.2. The third-order valence-electron chi connectivity index (χ3n) is 5.28. The van der Waals surface area contributed by atoms with E-state index >= 15 is 0 Å². The zero-order chi connectivity index (χ0) is 23.6. The SMILES string of the molecule is Cc1nc2ccccc2n1C[C@@H](O)CN(c1cccc([N+](=O)[O-])c1)S(=O)(=O)c1ccccc1. The molecule has 1 heterocycles. The van der Waals surface area contributed by atoms with E-state index in [-0.39, 0.29) is 29.4 Å². The van der Waals surface area contributed by atoms with Gasteiger partial charge in [-0.15, -0.1) is 0 Å². The molecule has 0 radical (unpaired) electrons. The quantitative estimate of drug-likeness (QED) is 0.314. The molecule has 0 aliphatic rings. The number of aliphatic hydroxyl groups excluding tert-OH is 1. The number of imidazole rings is 1. The lowest BCUT2D eigenvalue weighted by molar-refractivity contribution is -0.384. The van der Waals surface area contributed by atoms with E-state index in [1.54, 1.807) is 18.2 Å². The van der Waals surface area contributed by atoms with E-state index in [1.807, 2.05) is 35.8 Å². The first-order valence-electron chi connectivity index (χ1n) is 10.2. The minimum Gasteiger partial charge on any atom is -0.389 e. The van der Waals surface area contributed by atoms with Gasteiger partial charge >= 0.3 is 0 Å². The zero-order valence-corrected chi connectivity index (χ0v) is 18.6. The fourth-order valence-corrected chi connectivity index (χ4v) is 5.23. The molecule has 0 aliphatic heterocycles. The minimum atomic E-state index is -4.10. The number of nitro benzene ring substituents is 1. The average Bonchev–Trinajstić information content (AvgIpc) is 3.13. The second-order valence-corrected chi connectivity index (χ2v) is 9.40. The maximum absolute atomic E-state index is 13.5. The van der Waals surface area contributed by atoms with Crippen molar-refractivity contribution >= 4 is 32.4 Å². The van der Waals surface area contributed by atoms with Crippen molar-refractivity contribution in [2.75, 3.05) is 10.8 Å². The van der Waals surface area contributed by atoms with Crippen molar-refractivity contribution in [3.05, 3.63) is 94.8 Å². The lowest BCUT2D eigenvalue weighted by Gasteiger charge is -2.27. The highest BCUT2D eigenvalue weighted by Crippen LogP contribution is 2.27. The normalized spacial score (nSPS) is 12.5. The average molecular weight is 467 g/mol. The van der Waals surface area contributed by atoms with Gasteiger partial charge in [-0.1, -0.05) is 36.4 Å². The van der Waals surface area contributed by atoms with Gasteiger partial charge in [0.2, 0.25) is 0 Å². The molecule has 0 amide bonds. The summed E-state index contributed by atoms with van der Waals surface area (Å²) < 4.78 is 29.7. The van der Waals surface area contributed by atoms with Crippen LogP contribution in [-0.4, -0.2) is 40.6 Å². The number of hydrogen-bond donors (Lipinski definition) is 1. The van der Waals surface area contributed by atoms with Gasteiger partial charge in [-0.25, -0.2) is 13.4 Å². The van der Waals surface area contributed by atoms with Crippen molar-refractivity contribution in [1.29, 1.82) is 0 Å². The van der Waals surface area contributed by atoms with Gasteiger partial charge in [-0.3, -0.25) is 14.4 Å². The van der Waals surface area contributed by atoms with Crippen LogP contribution in [0.15, 0.2) is 83.8 Å². The Morgan fingerprint density at radius 2 is 1.76 bits per heavy atom. The van der Waals surface area contributed by atoms with Gasteiger partial charge < -0.3 is 9.67 Å². The Hall–Kier alpha value is -3.76. The zero-order valence-electron chi connectivity index (χ0n) is 17.8. The lowest BCUT2D eigenvalue weighted by Crippen LogP contribution is -2.39. The third kappa shape index (κ3) is 4.57. The Bertz CT molecular complexity index is 1400. The summed E-state index contributed by atoms with van der Waals surface area (Å²) in [5.74, 6) is 0.683. The second kappa shape index (κ2) is 9.00. The molecule has 3 aromatic carbocycles. The molecule has 4 aromatic rings. The summed E-state index contributed by atoms with van der Waals surface area (Å²) in [5, 5.41) is 22.2. The maximum Gasteiger partial charge on any atom is 0.271 e. The standard InChI is InChI=1S/C23H22N4O5S/c1-17-24-22-12-5-6-13-23(22)25(17)15-20(28)16-26(18-8-7-9-19(14-18)27(29)30)33(31,32)21-10-3-2-4-11-21/h2-14,20,28H,15-16H2,1H3/t20-/m1/s1.